The van der Waals surface area contributed by atoms with E-state index in [-0.39, 0.29) is 6.10 Å². The number of rotatable bonds is 1. The van der Waals surface area contributed by atoms with Crippen LogP contribution in [0.5, 0.6) is 0 Å². The molecule has 0 amide bonds. The summed E-state index contributed by atoms with van der Waals surface area (Å²) in [5, 5.41) is 9.62. The zero-order valence-electron chi connectivity index (χ0n) is 8.58. The molecule has 0 bridgehead atoms. The third-order valence-electron chi connectivity index (χ3n) is 3.70. The summed E-state index contributed by atoms with van der Waals surface area (Å²) in [7, 11) is 0. The second-order valence-corrected chi connectivity index (χ2v) is 4.72. The number of β-amino-alcohol motifs (C(OH)–C–C–N with tert-alkyl or cyclic N) is 1. The number of nitrogens with zero attached hydrogens (tertiary/aromatic N) is 1. The molecule has 2 rings (SSSR count). The molecule has 0 aromatic heterocycles. The van der Waals surface area contributed by atoms with Crippen molar-refractivity contribution < 1.29 is 5.11 Å². The Labute approximate surface area is 80.9 Å². The molecule has 1 N–H and O–H groups in total. The molecule has 1 saturated heterocycles. The van der Waals surface area contributed by atoms with E-state index in [9.17, 15) is 5.11 Å². The average molecular weight is 183 g/mol. The van der Waals surface area contributed by atoms with Gasteiger partial charge in [-0.05, 0) is 32.6 Å². The lowest BCUT2D eigenvalue weighted by atomic mass is 9.98. The maximum absolute atomic E-state index is 9.62. The smallest absolute Gasteiger partial charge is 0.0667 e. The molecule has 0 aromatic carbocycles. The zero-order chi connectivity index (χ0) is 9.26. The maximum Gasteiger partial charge on any atom is 0.0667 e. The molecule has 1 aliphatic carbocycles. The predicted octanol–water partition coefficient (Wildman–Crippen LogP) is 1.77. The van der Waals surface area contributed by atoms with Crippen LogP contribution in [0.25, 0.3) is 0 Å². The van der Waals surface area contributed by atoms with Crippen LogP contribution in [0, 0.1) is 0 Å². The van der Waals surface area contributed by atoms with E-state index < -0.39 is 0 Å². The minimum absolute atomic E-state index is 0.0585. The summed E-state index contributed by atoms with van der Waals surface area (Å²) in [5.41, 5.74) is 0. The van der Waals surface area contributed by atoms with Gasteiger partial charge in [0.15, 0.2) is 0 Å². The summed E-state index contributed by atoms with van der Waals surface area (Å²) in [6, 6.07) is 1.48. The van der Waals surface area contributed by atoms with Crippen molar-refractivity contribution in [2.75, 3.05) is 6.54 Å². The van der Waals surface area contributed by atoms with Gasteiger partial charge in [-0.25, -0.2) is 0 Å². The lowest BCUT2D eigenvalue weighted by Crippen LogP contribution is -2.48. The fraction of sp³-hybridized carbons (Fsp3) is 1.00. The van der Waals surface area contributed by atoms with Crippen LogP contribution in [0.3, 0.4) is 0 Å². The van der Waals surface area contributed by atoms with Gasteiger partial charge in [-0.3, -0.25) is 4.90 Å². The molecule has 2 fully saturated rings. The van der Waals surface area contributed by atoms with Crippen molar-refractivity contribution in [2.24, 2.45) is 0 Å². The standard InChI is InChI=1S/C11H21NO/c1-9-6-7-11(13)8-12(9)10-4-2-3-5-10/h9-11,13H,2-8H2,1H3/t9-,11-/m0/s1. The minimum Gasteiger partial charge on any atom is -0.392 e. The first kappa shape index (κ1) is 9.47. The molecule has 2 atom stereocenters. The van der Waals surface area contributed by atoms with Gasteiger partial charge in [-0.15, -0.1) is 0 Å². The topological polar surface area (TPSA) is 23.5 Å². The highest BCUT2D eigenvalue weighted by Crippen LogP contribution is 2.29. The molecule has 0 aromatic rings. The number of aliphatic hydroxyl groups is 1. The molecule has 13 heavy (non-hydrogen) atoms. The van der Waals surface area contributed by atoms with Gasteiger partial charge >= 0.3 is 0 Å². The molecular weight excluding hydrogens is 162 g/mol. The van der Waals surface area contributed by atoms with Crippen molar-refractivity contribution >= 4 is 0 Å². The molecule has 2 aliphatic rings. The number of hydrogen-bond acceptors (Lipinski definition) is 2. The van der Waals surface area contributed by atoms with Gasteiger partial charge < -0.3 is 5.11 Å². The fourth-order valence-electron chi connectivity index (χ4n) is 2.86. The van der Waals surface area contributed by atoms with Crippen molar-refractivity contribution in [1.29, 1.82) is 0 Å². The Hall–Kier alpha value is -0.0800. The van der Waals surface area contributed by atoms with Gasteiger partial charge in [0.25, 0.3) is 0 Å². The molecule has 0 spiro atoms. The number of piperidine rings is 1. The van der Waals surface area contributed by atoms with Gasteiger partial charge in [0, 0.05) is 18.6 Å². The number of aliphatic hydroxyl groups excluding tert-OH is 1. The van der Waals surface area contributed by atoms with Gasteiger partial charge in [-0.2, -0.15) is 0 Å². The van der Waals surface area contributed by atoms with Crippen LogP contribution in [-0.2, 0) is 0 Å². The second-order valence-electron chi connectivity index (χ2n) is 4.72. The maximum atomic E-state index is 9.62. The minimum atomic E-state index is -0.0585. The summed E-state index contributed by atoms with van der Waals surface area (Å²) < 4.78 is 0. The Morgan fingerprint density at radius 1 is 1.08 bits per heavy atom. The Morgan fingerprint density at radius 3 is 2.46 bits per heavy atom. The fourth-order valence-corrected chi connectivity index (χ4v) is 2.86. The summed E-state index contributed by atoms with van der Waals surface area (Å²) in [5.74, 6) is 0. The molecule has 2 heteroatoms. The first-order valence-corrected chi connectivity index (χ1v) is 5.71. The molecule has 2 nitrogen and oxygen atoms in total. The second kappa shape index (κ2) is 3.97. The van der Waals surface area contributed by atoms with E-state index in [2.05, 4.69) is 11.8 Å². The van der Waals surface area contributed by atoms with Crippen LogP contribution in [0.1, 0.15) is 45.4 Å². The van der Waals surface area contributed by atoms with Gasteiger partial charge in [0.05, 0.1) is 6.10 Å². The summed E-state index contributed by atoms with van der Waals surface area (Å²) in [4.78, 5) is 2.54. The van der Waals surface area contributed by atoms with Crippen molar-refractivity contribution in [3.63, 3.8) is 0 Å². The van der Waals surface area contributed by atoms with Crippen LogP contribution < -0.4 is 0 Å². The third kappa shape index (κ3) is 2.05. The normalized spacial score (nSPS) is 38.3. The van der Waals surface area contributed by atoms with E-state index in [1.54, 1.807) is 0 Å². The predicted molar refractivity (Wildman–Crippen MR) is 53.7 cm³/mol. The Bertz CT molecular complexity index is 165. The first-order chi connectivity index (χ1) is 6.27. The van der Waals surface area contributed by atoms with E-state index in [0.717, 1.165) is 19.0 Å². The number of likely N-dealkylation sites (tertiary alicyclic amines) is 1. The Kier molecular flexibility index (Phi) is 2.89. The van der Waals surface area contributed by atoms with Gasteiger partial charge in [0.1, 0.15) is 0 Å². The Morgan fingerprint density at radius 2 is 1.77 bits per heavy atom. The van der Waals surface area contributed by atoms with E-state index in [1.165, 1.54) is 32.1 Å². The van der Waals surface area contributed by atoms with Crippen LogP contribution in [-0.4, -0.2) is 34.7 Å². The van der Waals surface area contributed by atoms with Crippen LogP contribution in [0.15, 0.2) is 0 Å². The largest absolute Gasteiger partial charge is 0.392 e. The van der Waals surface area contributed by atoms with Crippen molar-refractivity contribution in [2.45, 2.75) is 63.6 Å². The first-order valence-electron chi connectivity index (χ1n) is 5.71. The van der Waals surface area contributed by atoms with Crippen LogP contribution >= 0.6 is 0 Å². The third-order valence-corrected chi connectivity index (χ3v) is 3.70. The highest BCUT2D eigenvalue weighted by Gasteiger charge is 2.31. The van der Waals surface area contributed by atoms with E-state index in [4.69, 9.17) is 0 Å². The van der Waals surface area contributed by atoms with Crippen LogP contribution in [0.4, 0.5) is 0 Å². The quantitative estimate of drug-likeness (QED) is 0.670. The van der Waals surface area contributed by atoms with E-state index >= 15 is 0 Å². The Balaban J connectivity index is 1.94. The molecular formula is C11H21NO. The van der Waals surface area contributed by atoms with Gasteiger partial charge in [-0.1, -0.05) is 12.8 Å². The zero-order valence-corrected chi connectivity index (χ0v) is 8.58. The molecule has 1 saturated carbocycles. The van der Waals surface area contributed by atoms with Crippen molar-refractivity contribution in [3.8, 4) is 0 Å². The van der Waals surface area contributed by atoms with Crippen molar-refractivity contribution in [1.82, 2.24) is 4.90 Å². The summed E-state index contributed by atoms with van der Waals surface area (Å²) >= 11 is 0. The average Bonchev–Trinajstić information content (AvgIpc) is 2.61. The summed E-state index contributed by atoms with van der Waals surface area (Å²) in [6.07, 6.45) is 7.63. The van der Waals surface area contributed by atoms with Crippen molar-refractivity contribution in [3.05, 3.63) is 0 Å². The molecule has 1 heterocycles. The SMILES string of the molecule is C[C@H]1CC[C@H](O)CN1C1CCCC1. The molecule has 0 unspecified atom stereocenters. The lowest BCUT2D eigenvalue weighted by Gasteiger charge is -2.40. The molecule has 76 valence electrons. The summed E-state index contributed by atoms with van der Waals surface area (Å²) in [6.45, 7) is 3.23. The molecule has 1 aliphatic heterocycles. The highest BCUT2D eigenvalue weighted by atomic mass is 16.3. The number of hydrogen-bond donors (Lipinski definition) is 1. The van der Waals surface area contributed by atoms with Gasteiger partial charge in [0.2, 0.25) is 0 Å². The molecule has 0 radical (unpaired) electrons. The van der Waals surface area contributed by atoms with E-state index in [0.29, 0.717) is 6.04 Å². The highest BCUT2D eigenvalue weighted by molar-refractivity contribution is 4.86. The monoisotopic (exact) mass is 183 g/mol. The van der Waals surface area contributed by atoms with E-state index in [1.807, 2.05) is 0 Å². The lowest BCUT2D eigenvalue weighted by molar-refractivity contribution is 0.0163. The van der Waals surface area contributed by atoms with Crippen LogP contribution in [0.2, 0.25) is 0 Å².